The lowest BCUT2D eigenvalue weighted by Gasteiger charge is -1.97. The highest BCUT2D eigenvalue weighted by molar-refractivity contribution is 8.00. The highest BCUT2D eigenvalue weighted by atomic mass is 32.2. The molecule has 0 heterocycles. The number of hydrogen-bond donors (Lipinski definition) is 1. The van der Waals surface area contributed by atoms with Crippen molar-refractivity contribution < 1.29 is 22.5 Å². The Balaban J connectivity index is 3.40. The molecule has 0 bridgehead atoms. The van der Waals surface area contributed by atoms with E-state index in [1.165, 1.54) is 7.11 Å². The zero-order chi connectivity index (χ0) is 9.61. The molecule has 0 aromatic rings. The van der Waals surface area contributed by atoms with Crippen LogP contribution in [-0.2, 0) is 19.6 Å². The van der Waals surface area contributed by atoms with Gasteiger partial charge in [0.05, 0.1) is 18.6 Å². The number of carbonyl (C=O) groups is 1. The van der Waals surface area contributed by atoms with Crippen LogP contribution in [0.5, 0.6) is 0 Å². The topological polar surface area (TPSA) is 80.7 Å². The molecule has 0 aliphatic heterocycles. The van der Waals surface area contributed by atoms with Crippen molar-refractivity contribution >= 4 is 27.8 Å². The number of carbonyl (C=O) groups excluding carboxylic acids is 1. The molecule has 12 heavy (non-hydrogen) atoms. The first-order chi connectivity index (χ1) is 5.45. The van der Waals surface area contributed by atoms with Gasteiger partial charge in [-0.15, -0.1) is 11.8 Å². The molecule has 1 N–H and O–H groups in total. The van der Waals surface area contributed by atoms with E-state index in [9.17, 15) is 13.2 Å². The van der Waals surface area contributed by atoms with Crippen LogP contribution in [0.1, 0.15) is 0 Å². The molecular formula is C5H10O5S2. The average molecular weight is 214 g/mol. The number of esters is 1. The van der Waals surface area contributed by atoms with E-state index in [4.69, 9.17) is 4.55 Å². The maximum Gasteiger partial charge on any atom is 0.315 e. The molecule has 0 aromatic heterocycles. The van der Waals surface area contributed by atoms with Crippen molar-refractivity contribution in [3.8, 4) is 0 Å². The van der Waals surface area contributed by atoms with Gasteiger partial charge in [-0.2, -0.15) is 8.42 Å². The van der Waals surface area contributed by atoms with Gasteiger partial charge in [0, 0.05) is 5.75 Å². The van der Waals surface area contributed by atoms with Gasteiger partial charge in [0.2, 0.25) is 0 Å². The van der Waals surface area contributed by atoms with Crippen molar-refractivity contribution in [2.45, 2.75) is 0 Å². The monoisotopic (exact) mass is 214 g/mol. The van der Waals surface area contributed by atoms with Crippen LogP contribution < -0.4 is 0 Å². The minimum absolute atomic E-state index is 0.103. The van der Waals surface area contributed by atoms with Gasteiger partial charge in [-0.1, -0.05) is 0 Å². The van der Waals surface area contributed by atoms with Crippen LogP contribution in [0, 0.1) is 0 Å². The van der Waals surface area contributed by atoms with Crippen molar-refractivity contribution in [2.24, 2.45) is 0 Å². The zero-order valence-electron chi connectivity index (χ0n) is 6.52. The number of ether oxygens (including phenoxy) is 1. The molecule has 0 aromatic carbocycles. The lowest BCUT2D eigenvalue weighted by Crippen LogP contribution is -2.09. The molecule has 0 aliphatic carbocycles. The Kier molecular flexibility index (Phi) is 5.27. The van der Waals surface area contributed by atoms with Gasteiger partial charge < -0.3 is 4.74 Å². The van der Waals surface area contributed by atoms with E-state index in [1.807, 2.05) is 0 Å². The summed E-state index contributed by atoms with van der Waals surface area (Å²) in [5.41, 5.74) is 0. The number of rotatable bonds is 5. The van der Waals surface area contributed by atoms with Gasteiger partial charge in [-0.05, 0) is 0 Å². The predicted octanol–water partition coefficient (Wildman–Crippen LogP) is -0.220. The minimum Gasteiger partial charge on any atom is -0.468 e. The van der Waals surface area contributed by atoms with E-state index in [1.54, 1.807) is 0 Å². The van der Waals surface area contributed by atoms with E-state index in [0.717, 1.165) is 11.8 Å². The van der Waals surface area contributed by atoms with Crippen LogP contribution in [-0.4, -0.2) is 43.3 Å². The summed E-state index contributed by atoms with van der Waals surface area (Å²) in [5, 5.41) is 0. The lowest BCUT2D eigenvalue weighted by molar-refractivity contribution is -0.137. The number of methoxy groups -OCH3 is 1. The highest BCUT2D eigenvalue weighted by Gasteiger charge is 2.05. The van der Waals surface area contributed by atoms with Gasteiger partial charge >= 0.3 is 5.97 Å². The fourth-order valence-electron chi connectivity index (χ4n) is 0.379. The first kappa shape index (κ1) is 11.7. The van der Waals surface area contributed by atoms with E-state index >= 15 is 0 Å². The Labute approximate surface area is 75.2 Å². The summed E-state index contributed by atoms with van der Waals surface area (Å²) in [6, 6.07) is 0. The summed E-state index contributed by atoms with van der Waals surface area (Å²) >= 11 is 1.10. The Morgan fingerprint density at radius 3 is 2.58 bits per heavy atom. The molecule has 0 saturated heterocycles. The van der Waals surface area contributed by atoms with Crippen LogP contribution in [0.25, 0.3) is 0 Å². The Morgan fingerprint density at radius 1 is 1.58 bits per heavy atom. The summed E-state index contributed by atoms with van der Waals surface area (Å²) in [5.74, 6) is -0.454. The van der Waals surface area contributed by atoms with Crippen LogP contribution in [0.2, 0.25) is 0 Å². The quantitative estimate of drug-likeness (QED) is 0.387. The van der Waals surface area contributed by atoms with Crippen molar-refractivity contribution in [1.29, 1.82) is 0 Å². The van der Waals surface area contributed by atoms with Crippen LogP contribution in [0.4, 0.5) is 0 Å². The predicted molar refractivity (Wildman–Crippen MR) is 45.8 cm³/mol. The third kappa shape index (κ3) is 7.83. The Morgan fingerprint density at radius 2 is 2.17 bits per heavy atom. The van der Waals surface area contributed by atoms with Gasteiger partial charge in [0.15, 0.2) is 0 Å². The first-order valence-corrected chi connectivity index (χ1v) is 5.82. The Bertz CT molecular complexity index is 232. The van der Waals surface area contributed by atoms with Crippen molar-refractivity contribution in [3.63, 3.8) is 0 Å². The minimum atomic E-state index is -3.90. The fourth-order valence-corrected chi connectivity index (χ4v) is 2.12. The van der Waals surface area contributed by atoms with Crippen LogP contribution >= 0.6 is 11.8 Å². The molecule has 5 nitrogen and oxygen atoms in total. The van der Waals surface area contributed by atoms with Gasteiger partial charge in [0.25, 0.3) is 10.1 Å². The van der Waals surface area contributed by atoms with Crippen molar-refractivity contribution in [1.82, 2.24) is 0 Å². The summed E-state index contributed by atoms with van der Waals surface area (Å²) in [6.45, 7) is 0. The maximum atomic E-state index is 10.5. The molecule has 0 rings (SSSR count). The SMILES string of the molecule is COC(=O)CSCCS(=O)(=O)O. The van der Waals surface area contributed by atoms with Gasteiger partial charge in [-0.25, -0.2) is 0 Å². The highest BCUT2D eigenvalue weighted by Crippen LogP contribution is 2.01. The second-order valence-electron chi connectivity index (χ2n) is 1.91. The molecule has 0 saturated carbocycles. The van der Waals surface area contributed by atoms with Gasteiger partial charge in [0.1, 0.15) is 0 Å². The van der Waals surface area contributed by atoms with Crippen molar-refractivity contribution in [3.05, 3.63) is 0 Å². The molecular weight excluding hydrogens is 204 g/mol. The Hall–Kier alpha value is -0.270. The zero-order valence-corrected chi connectivity index (χ0v) is 8.15. The normalized spacial score (nSPS) is 11.2. The average Bonchev–Trinajstić information content (AvgIpc) is 1.96. The molecule has 7 heteroatoms. The third-order valence-electron chi connectivity index (χ3n) is 0.933. The van der Waals surface area contributed by atoms with E-state index < -0.39 is 16.1 Å². The standard InChI is InChI=1S/C5H10O5S2/c1-10-5(6)4-11-2-3-12(7,8)9/h2-4H2,1H3,(H,7,8,9). The summed E-state index contributed by atoms with van der Waals surface area (Å²) in [4.78, 5) is 10.5. The molecule has 0 amide bonds. The summed E-state index contributed by atoms with van der Waals surface area (Å²) in [6.07, 6.45) is 0. The fraction of sp³-hybridized carbons (Fsp3) is 0.800. The van der Waals surface area contributed by atoms with Crippen molar-refractivity contribution in [2.75, 3.05) is 24.4 Å². The molecule has 0 radical (unpaired) electrons. The smallest absolute Gasteiger partial charge is 0.315 e. The molecule has 72 valence electrons. The lowest BCUT2D eigenvalue weighted by atomic mass is 10.8. The maximum absolute atomic E-state index is 10.5. The molecule has 0 fully saturated rings. The van der Waals surface area contributed by atoms with Gasteiger partial charge in [-0.3, -0.25) is 9.35 Å². The molecule has 0 spiro atoms. The second-order valence-corrected chi connectivity index (χ2v) is 4.59. The summed E-state index contributed by atoms with van der Waals surface area (Å²) < 4.78 is 32.9. The van der Waals surface area contributed by atoms with E-state index in [2.05, 4.69) is 4.74 Å². The summed E-state index contributed by atoms with van der Waals surface area (Å²) in [7, 11) is -2.65. The molecule has 0 aliphatic rings. The largest absolute Gasteiger partial charge is 0.468 e. The molecule has 0 atom stereocenters. The number of hydrogen-bond acceptors (Lipinski definition) is 5. The third-order valence-corrected chi connectivity index (χ3v) is 2.84. The second kappa shape index (κ2) is 5.39. The van der Waals surface area contributed by atoms with E-state index in [0.29, 0.717) is 0 Å². The van der Waals surface area contributed by atoms with Crippen LogP contribution in [0.15, 0.2) is 0 Å². The number of thioether (sulfide) groups is 1. The van der Waals surface area contributed by atoms with Crippen LogP contribution in [0.3, 0.4) is 0 Å². The molecule has 0 unspecified atom stereocenters. The first-order valence-electron chi connectivity index (χ1n) is 3.05. The van der Waals surface area contributed by atoms with E-state index in [-0.39, 0.29) is 17.3 Å².